The van der Waals surface area contributed by atoms with E-state index in [0.717, 1.165) is 12.5 Å². The van der Waals surface area contributed by atoms with Crippen LogP contribution in [-0.2, 0) is 0 Å². The first-order valence-corrected chi connectivity index (χ1v) is 4.50. The average molecular weight is 210 g/mol. The van der Waals surface area contributed by atoms with Crippen molar-refractivity contribution in [2.75, 3.05) is 6.61 Å². The number of benzene rings is 1. The lowest BCUT2D eigenvalue weighted by atomic mass is 10.1. The highest BCUT2D eigenvalue weighted by molar-refractivity contribution is 5.42. The fraction of sp³-hybridized carbons (Fsp3) is 0.333. The summed E-state index contributed by atoms with van der Waals surface area (Å²) in [6.07, 6.45) is 5.20. The van der Waals surface area contributed by atoms with Gasteiger partial charge in [0.15, 0.2) is 6.61 Å². The average Bonchev–Trinajstić information content (AvgIpc) is 2.14. The van der Waals surface area contributed by atoms with Crippen molar-refractivity contribution in [1.82, 2.24) is 0 Å². The Morgan fingerprint density at radius 2 is 2.13 bits per heavy atom. The fourth-order valence-electron chi connectivity index (χ4n) is 1.11. The number of alkyl halides is 2. The van der Waals surface area contributed by atoms with Crippen molar-refractivity contribution in [3.8, 4) is 18.1 Å². The summed E-state index contributed by atoms with van der Waals surface area (Å²) in [5, 5.41) is 0. The van der Waals surface area contributed by atoms with Crippen molar-refractivity contribution in [2.45, 2.75) is 19.8 Å². The van der Waals surface area contributed by atoms with E-state index >= 15 is 0 Å². The zero-order valence-corrected chi connectivity index (χ0v) is 8.68. The maximum Gasteiger partial charge on any atom is 0.278 e. The molecule has 1 nitrogen and oxygen atoms in total. The second-order valence-corrected chi connectivity index (χ2v) is 3.48. The summed E-state index contributed by atoms with van der Waals surface area (Å²) in [7, 11) is 0. The molecule has 0 heterocycles. The quantitative estimate of drug-likeness (QED) is 0.697. The van der Waals surface area contributed by atoms with Crippen molar-refractivity contribution in [3.63, 3.8) is 0 Å². The van der Waals surface area contributed by atoms with Gasteiger partial charge in [-0.05, 0) is 30.7 Å². The lowest BCUT2D eigenvalue weighted by Crippen LogP contribution is -2.21. The number of halogens is 2. The summed E-state index contributed by atoms with van der Waals surface area (Å²) < 4.78 is 30.0. The molecule has 0 spiro atoms. The van der Waals surface area contributed by atoms with Crippen LogP contribution in [0.15, 0.2) is 18.2 Å². The molecule has 15 heavy (non-hydrogen) atoms. The van der Waals surface area contributed by atoms with Crippen LogP contribution in [0.25, 0.3) is 0 Å². The molecule has 0 radical (unpaired) electrons. The van der Waals surface area contributed by atoms with Crippen molar-refractivity contribution in [2.24, 2.45) is 0 Å². The van der Waals surface area contributed by atoms with Gasteiger partial charge in [0.1, 0.15) is 5.75 Å². The van der Waals surface area contributed by atoms with E-state index in [4.69, 9.17) is 11.2 Å². The summed E-state index contributed by atoms with van der Waals surface area (Å²) in [5.74, 6) is 0.0818. The van der Waals surface area contributed by atoms with E-state index in [1.165, 1.54) is 0 Å². The van der Waals surface area contributed by atoms with E-state index in [1.807, 2.05) is 0 Å². The predicted molar refractivity (Wildman–Crippen MR) is 55.2 cm³/mol. The summed E-state index contributed by atoms with van der Waals surface area (Å²) in [5.41, 5.74) is 1.47. The van der Waals surface area contributed by atoms with Gasteiger partial charge in [-0.1, -0.05) is 5.92 Å². The maximum atomic E-state index is 12.5. The molecule has 3 heteroatoms. The Balaban J connectivity index is 2.76. The molecule has 0 bridgehead atoms. The van der Waals surface area contributed by atoms with Crippen LogP contribution in [-0.4, -0.2) is 12.5 Å². The number of hydrogen-bond acceptors (Lipinski definition) is 1. The van der Waals surface area contributed by atoms with Crippen LogP contribution in [0.1, 0.15) is 18.1 Å². The van der Waals surface area contributed by atoms with E-state index < -0.39 is 12.5 Å². The van der Waals surface area contributed by atoms with Crippen LogP contribution < -0.4 is 4.74 Å². The molecule has 0 unspecified atom stereocenters. The molecule has 0 aromatic heterocycles. The largest absolute Gasteiger partial charge is 0.487 e. The van der Waals surface area contributed by atoms with Crippen molar-refractivity contribution in [1.29, 1.82) is 0 Å². The van der Waals surface area contributed by atoms with Gasteiger partial charge in [-0.25, -0.2) is 8.78 Å². The minimum atomic E-state index is -2.82. The fourth-order valence-corrected chi connectivity index (χ4v) is 1.11. The molecule has 0 amide bonds. The summed E-state index contributed by atoms with van der Waals surface area (Å²) in [4.78, 5) is 0. The van der Waals surface area contributed by atoms with E-state index in [0.29, 0.717) is 11.3 Å². The van der Waals surface area contributed by atoms with Crippen LogP contribution in [0.5, 0.6) is 5.75 Å². The van der Waals surface area contributed by atoms with Gasteiger partial charge in [0.05, 0.1) is 0 Å². The van der Waals surface area contributed by atoms with Crippen molar-refractivity contribution >= 4 is 0 Å². The molecule has 0 aliphatic heterocycles. The number of hydrogen-bond donors (Lipinski definition) is 0. The van der Waals surface area contributed by atoms with Crippen LogP contribution in [0.2, 0.25) is 0 Å². The Morgan fingerprint density at radius 3 is 2.60 bits per heavy atom. The molecule has 1 aromatic carbocycles. The molecular formula is C12H12F2O. The smallest absolute Gasteiger partial charge is 0.278 e. The molecule has 1 aromatic rings. The van der Waals surface area contributed by atoms with Gasteiger partial charge < -0.3 is 4.74 Å². The number of ether oxygens (including phenoxy) is 1. The number of terminal acetylenes is 1. The van der Waals surface area contributed by atoms with E-state index in [9.17, 15) is 8.78 Å². The van der Waals surface area contributed by atoms with Gasteiger partial charge in [0.2, 0.25) is 0 Å². The maximum absolute atomic E-state index is 12.5. The Hall–Kier alpha value is -1.56. The molecule has 0 atom stereocenters. The van der Waals surface area contributed by atoms with Crippen molar-refractivity contribution in [3.05, 3.63) is 29.3 Å². The minimum absolute atomic E-state index is 0.440. The first-order chi connectivity index (χ1) is 6.92. The zero-order chi connectivity index (χ0) is 11.5. The van der Waals surface area contributed by atoms with E-state index in [1.54, 1.807) is 25.1 Å². The molecule has 0 N–H and O–H groups in total. The van der Waals surface area contributed by atoms with Crippen LogP contribution in [0.4, 0.5) is 8.78 Å². The van der Waals surface area contributed by atoms with E-state index in [2.05, 4.69) is 5.92 Å². The normalized spacial score (nSPS) is 10.9. The van der Waals surface area contributed by atoms with Crippen LogP contribution >= 0.6 is 0 Å². The van der Waals surface area contributed by atoms with Crippen molar-refractivity contribution < 1.29 is 13.5 Å². The molecule has 0 fully saturated rings. The third kappa shape index (κ3) is 3.59. The molecule has 80 valence electrons. The number of rotatable bonds is 3. The molecule has 0 saturated heterocycles. The lowest BCUT2D eigenvalue weighted by molar-refractivity contribution is -0.0231. The van der Waals surface area contributed by atoms with Gasteiger partial charge in [-0.3, -0.25) is 0 Å². The first-order valence-electron chi connectivity index (χ1n) is 4.50. The van der Waals surface area contributed by atoms with Gasteiger partial charge >= 0.3 is 0 Å². The third-order valence-corrected chi connectivity index (χ3v) is 1.82. The van der Waals surface area contributed by atoms with Gasteiger partial charge in [0.25, 0.3) is 5.92 Å². The standard InChI is InChI=1S/C12H12F2O/c1-4-10-5-6-11(9(2)7-10)15-8-12(3,13)14/h1,5-7H,8H2,2-3H3. The molecule has 0 aliphatic rings. The Bertz CT molecular complexity index is 386. The summed E-state index contributed by atoms with van der Waals surface area (Å²) in [6.45, 7) is 1.96. The van der Waals surface area contributed by atoms with Gasteiger partial charge in [-0.15, -0.1) is 6.42 Å². The Kier molecular flexibility index (Phi) is 3.31. The Morgan fingerprint density at radius 1 is 1.47 bits per heavy atom. The number of aryl methyl sites for hydroxylation is 1. The van der Waals surface area contributed by atoms with E-state index in [-0.39, 0.29) is 0 Å². The van der Waals surface area contributed by atoms with Crippen LogP contribution in [0, 0.1) is 19.3 Å². The lowest BCUT2D eigenvalue weighted by Gasteiger charge is -2.13. The molecular weight excluding hydrogens is 198 g/mol. The molecule has 0 saturated carbocycles. The monoisotopic (exact) mass is 210 g/mol. The molecule has 0 aliphatic carbocycles. The predicted octanol–water partition coefficient (Wildman–Crippen LogP) is 3.01. The summed E-state index contributed by atoms with van der Waals surface area (Å²) >= 11 is 0. The first kappa shape index (κ1) is 11.5. The highest BCUT2D eigenvalue weighted by Gasteiger charge is 2.22. The minimum Gasteiger partial charge on any atom is -0.487 e. The second kappa shape index (κ2) is 4.31. The highest BCUT2D eigenvalue weighted by atomic mass is 19.3. The molecule has 1 rings (SSSR count). The third-order valence-electron chi connectivity index (χ3n) is 1.82. The van der Waals surface area contributed by atoms with Gasteiger partial charge in [0, 0.05) is 12.5 Å². The highest BCUT2D eigenvalue weighted by Crippen LogP contribution is 2.21. The SMILES string of the molecule is C#Cc1ccc(OCC(C)(F)F)c(C)c1. The van der Waals surface area contributed by atoms with Gasteiger partial charge in [-0.2, -0.15) is 0 Å². The summed E-state index contributed by atoms with van der Waals surface area (Å²) in [6, 6.07) is 5.00. The second-order valence-electron chi connectivity index (χ2n) is 3.48. The topological polar surface area (TPSA) is 9.23 Å². The Labute approximate surface area is 88.1 Å². The van der Waals surface area contributed by atoms with Crippen LogP contribution in [0.3, 0.4) is 0 Å². The zero-order valence-electron chi connectivity index (χ0n) is 8.68.